The van der Waals surface area contributed by atoms with E-state index in [4.69, 9.17) is 24.3 Å². The second-order valence-electron chi connectivity index (χ2n) is 11.5. The summed E-state index contributed by atoms with van der Waals surface area (Å²) >= 11 is 0. The molecule has 47 heavy (non-hydrogen) atoms. The molecule has 0 radical (unpaired) electrons. The van der Waals surface area contributed by atoms with Crippen molar-refractivity contribution < 1.29 is 38.9 Å². The summed E-state index contributed by atoms with van der Waals surface area (Å²) in [7, 11) is 3.25. The maximum Gasteiger partial charge on any atom is 0.256 e. The fourth-order valence-electron chi connectivity index (χ4n) is 4.44. The molecule has 1 aromatic heterocycles. The highest BCUT2D eigenvalue weighted by Crippen LogP contribution is 2.40. The highest BCUT2D eigenvalue weighted by atomic mass is 16.5. The molecule has 3 atom stereocenters. The van der Waals surface area contributed by atoms with Crippen molar-refractivity contribution >= 4 is 18.4 Å². The first-order valence-corrected chi connectivity index (χ1v) is 16.2. The van der Waals surface area contributed by atoms with Crippen molar-refractivity contribution in [3.63, 3.8) is 0 Å². The third kappa shape index (κ3) is 17.0. The van der Waals surface area contributed by atoms with Gasteiger partial charge in [0, 0.05) is 69.4 Å². The average Bonchev–Trinajstić information content (AvgIpc) is 3.50. The number of aryl methyl sites for hydroxylation is 3. The Bertz CT molecular complexity index is 1120. The Hall–Kier alpha value is -3.22. The van der Waals surface area contributed by atoms with Crippen LogP contribution in [0.2, 0.25) is 0 Å². The molecular weight excluding hydrogens is 602 g/mol. The van der Waals surface area contributed by atoms with E-state index >= 15 is 0 Å². The number of carbonyl (C=O) groups is 2. The van der Waals surface area contributed by atoms with Gasteiger partial charge in [-0.25, -0.2) is 0 Å². The zero-order valence-electron chi connectivity index (χ0n) is 30.0. The Morgan fingerprint density at radius 3 is 2.23 bits per heavy atom. The topological polar surface area (TPSA) is 155 Å². The third-order valence-corrected chi connectivity index (χ3v) is 6.80. The molecule has 0 bridgehead atoms. The first kappa shape index (κ1) is 45.9. The van der Waals surface area contributed by atoms with Crippen LogP contribution in [0.4, 0.5) is 5.69 Å². The number of ether oxygens (including phenoxy) is 2. The predicted octanol–water partition coefficient (Wildman–Crippen LogP) is 5.60. The lowest BCUT2D eigenvalue weighted by Crippen LogP contribution is -2.45. The summed E-state index contributed by atoms with van der Waals surface area (Å²) in [6.45, 7) is 21.8. The van der Waals surface area contributed by atoms with Gasteiger partial charge >= 0.3 is 0 Å². The molecule has 1 aliphatic heterocycles. The zero-order valence-corrected chi connectivity index (χ0v) is 30.0. The Balaban J connectivity index is 0. The number of nitrogens with zero attached hydrogens (tertiary/aromatic N) is 3. The SMILES string of the molecule is C=CC(C)C1O[C@H](CCCc2noc(CCCCO)n2)C(=O)N(CC(C)(C)CO)c2ccc(C)cc21.C=CCO.C=O.CC.COC. The monoisotopic (exact) mass is 663 g/mol. The van der Waals surface area contributed by atoms with Crippen LogP contribution in [0.15, 0.2) is 48.0 Å². The summed E-state index contributed by atoms with van der Waals surface area (Å²) in [4.78, 5) is 28.1. The maximum atomic E-state index is 13.9. The van der Waals surface area contributed by atoms with Crippen molar-refractivity contribution in [1.82, 2.24) is 10.1 Å². The number of rotatable bonds is 14. The smallest absolute Gasteiger partial charge is 0.256 e. The van der Waals surface area contributed by atoms with Gasteiger partial charge < -0.3 is 39.0 Å². The lowest BCUT2D eigenvalue weighted by molar-refractivity contribution is -0.135. The summed E-state index contributed by atoms with van der Waals surface area (Å²) in [6.07, 6.45) is 6.24. The number of aliphatic hydroxyl groups excluding tert-OH is 3. The molecule has 2 heterocycles. The van der Waals surface area contributed by atoms with Crippen LogP contribution in [0, 0.1) is 18.3 Å². The fraction of sp³-hybridized carbons (Fsp3) is 0.611. The van der Waals surface area contributed by atoms with Gasteiger partial charge in [0.25, 0.3) is 5.91 Å². The fourth-order valence-corrected chi connectivity index (χ4v) is 4.44. The molecule has 1 aromatic carbocycles. The molecule has 0 saturated carbocycles. The second kappa shape index (κ2) is 26.8. The van der Waals surface area contributed by atoms with Crippen molar-refractivity contribution in [2.24, 2.45) is 11.3 Å². The van der Waals surface area contributed by atoms with Crippen molar-refractivity contribution in [3.8, 4) is 0 Å². The van der Waals surface area contributed by atoms with E-state index in [2.05, 4.69) is 41.0 Å². The van der Waals surface area contributed by atoms with Crippen LogP contribution >= 0.6 is 0 Å². The van der Waals surface area contributed by atoms with Gasteiger partial charge in [-0.1, -0.05) is 69.6 Å². The van der Waals surface area contributed by atoms with E-state index in [0.717, 1.165) is 23.2 Å². The number of aliphatic hydroxyl groups is 3. The number of carbonyl (C=O) groups excluding carboxylic acids is 2. The number of hydrogen-bond acceptors (Lipinski definition) is 10. The van der Waals surface area contributed by atoms with Gasteiger partial charge in [0.05, 0.1) is 12.7 Å². The van der Waals surface area contributed by atoms with Crippen molar-refractivity contribution in [3.05, 3.63) is 66.4 Å². The summed E-state index contributed by atoms with van der Waals surface area (Å²) in [5, 5.41) is 30.7. The third-order valence-electron chi connectivity index (χ3n) is 6.80. The summed E-state index contributed by atoms with van der Waals surface area (Å²) in [5.74, 6) is 1.09. The number of fused-ring (bicyclic) bond motifs is 1. The molecule has 1 aliphatic rings. The van der Waals surface area contributed by atoms with Gasteiger partial charge in [-0.05, 0) is 38.7 Å². The van der Waals surface area contributed by atoms with E-state index in [-0.39, 0.29) is 37.7 Å². The minimum atomic E-state index is -0.643. The molecule has 11 nitrogen and oxygen atoms in total. The number of aromatic nitrogens is 2. The lowest BCUT2D eigenvalue weighted by Gasteiger charge is -2.32. The zero-order chi connectivity index (χ0) is 36.4. The van der Waals surface area contributed by atoms with Crippen molar-refractivity contribution in [1.29, 1.82) is 0 Å². The molecule has 2 unspecified atom stereocenters. The minimum absolute atomic E-state index is 0.00494. The Morgan fingerprint density at radius 2 is 1.70 bits per heavy atom. The predicted molar refractivity (Wildman–Crippen MR) is 187 cm³/mol. The lowest BCUT2D eigenvalue weighted by atomic mass is 9.91. The molecule has 0 spiro atoms. The van der Waals surface area contributed by atoms with Gasteiger partial charge in [0.15, 0.2) is 5.82 Å². The van der Waals surface area contributed by atoms with Crippen LogP contribution < -0.4 is 4.90 Å². The van der Waals surface area contributed by atoms with Crippen molar-refractivity contribution in [2.75, 3.05) is 45.5 Å². The number of amides is 1. The molecule has 0 fully saturated rings. The molecule has 0 aliphatic carbocycles. The second-order valence-corrected chi connectivity index (χ2v) is 11.5. The normalized spacial score (nSPS) is 15.8. The standard InChI is InChI=1S/C28H41N3O5.C3H6O.C2H6O.C2H6.CH2O/c1-6-20(3)26-21-16-19(2)13-14-22(21)31(17-28(4,5)18-33)27(34)23(35-26)10-9-11-24-29-25(36-30-24)12-7-8-15-32;1-2-3-4;1-3-2;2*1-2/h6,13-14,16,20,23,26,32-33H,1,7-12,15,17-18H2,2-5H3;2,4H,1,3H2;1-2H3;1-2H3;1H2/t20?,23-,26?;;;;/m1..../s1. The summed E-state index contributed by atoms with van der Waals surface area (Å²) in [5.41, 5.74) is 2.43. The maximum absolute atomic E-state index is 13.9. The minimum Gasteiger partial charge on any atom is -0.396 e. The van der Waals surface area contributed by atoms with E-state index in [9.17, 15) is 9.90 Å². The van der Waals surface area contributed by atoms with Crippen LogP contribution in [-0.2, 0) is 31.9 Å². The molecular formula is C36H61N3O8. The average molecular weight is 664 g/mol. The van der Waals surface area contributed by atoms with Crippen molar-refractivity contribution in [2.45, 2.75) is 92.3 Å². The van der Waals surface area contributed by atoms with E-state index < -0.39 is 11.5 Å². The van der Waals surface area contributed by atoms with Gasteiger partial charge in [-0.15, -0.1) is 13.2 Å². The first-order chi connectivity index (χ1) is 22.5. The van der Waals surface area contributed by atoms with E-state index in [0.29, 0.717) is 50.4 Å². The molecule has 11 heteroatoms. The van der Waals surface area contributed by atoms with Gasteiger partial charge in [0.1, 0.15) is 12.9 Å². The molecule has 3 N–H and O–H groups in total. The van der Waals surface area contributed by atoms with Gasteiger partial charge in [0.2, 0.25) is 5.89 Å². The molecule has 1 amide bonds. The number of methoxy groups -OCH3 is 1. The number of benzene rings is 1. The van der Waals surface area contributed by atoms with Crippen LogP contribution in [-0.4, -0.2) is 84.8 Å². The number of anilines is 1. The van der Waals surface area contributed by atoms with Gasteiger partial charge in [-0.3, -0.25) is 4.79 Å². The van der Waals surface area contributed by atoms with Gasteiger partial charge in [-0.2, -0.15) is 4.98 Å². The van der Waals surface area contributed by atoms with Crippen LogP contribution in [0.3, 0.4) is 0 Å². The molecule has 3 rings (SSSR count). The number of hydrogen-bond donors (Lipinski definition) is 3. The highest BCUT2D eigenvalue weighted by molar-refractivity contribution is 5.98. The largest absolute Gasteiger partial charge is 0.396 e. The summed E-state index contributed by atoms with van der Waals surface area (Å²) < 4.78 is 16.1. The Kier molecular flexibility index (Phi) is 26.2. The first-order valence-electron chi connectivity index (χ1n) is 16.2. The van der Waals surface area contributed by atoms with Crippen LogP contribution in [0.1, 0.15) is 89.2 Å². The molecule has 2 aromatic rings. The van der Waals surface area contributed by atoms with E-state index in [1.807, 2.05) is 59.6 Å². The molecule has 0 saturated heterocycles. The Morgan fingerprint density at radius 1 is 1.09 bits per heavy atom. The van der Waals surface area contributed by atoms with E-state index in [1.165, 1.54) is 6.08 Å². The highest BCUT2D eigenvalue weighted by Gasteiger charge is 2.39. The van der Waals surface area contributed by atoms with E-state index in [1.54, 1.807) is 19.1 Å². The number of unbranched alkanes of at least 4 members (excludes halogenated alkanes) is 1. The van der Waals surface area contributed by atoms with Crippen LogP contribution in [0.25, 0.3) is 0 Å². The molecule has 268 valence electrons. The summed E-state index contributed by atoms with van der Waals surface area (Å²) in [6, 6.07) is 6.09. The van der Waals surface area contributed by atoms with Crippen LogP contribution in [0.5, 0.6) is 0 Å². The Labute approximate surface area is 282 Å². The quantitative estimate of drug-likeness (QED) is 0.172.